The summed E-state index contributed by atoms with van der Waals surface area (Å²) in [6.45, 7) is 0.592. The SMILES string of the molecule is O=S(=O)(c1ccc(Cl)cc1F)N1CCC(c2cnccn2)C1. The van der Waals surface area contributed by atoms with E-state index in [1.165, 1.54) is 16.4 Å². The van der Waals surface area contributed by atoms with Crippen LogP contribution in [0.15, 0.2) is 41.7 Å². The lowest BCUT2D eigenvalue weighted by atomic mass is 10.1. The van der Waals surface area contributed by atoms with Crippen LogP contribution in [0.5, 0.6) is 0 Å². The maximum absolute atomic E-state index is 13.9. The lowest BCUT2D eigenvalue weighted by Gasteiger charge is -2.17. The van der Waals surface area contributed by atoms with Crippen molar-refractivity contribution in [2.24, 2.45) is 0 Å². The van der Waals surface area contributed by atoms with E-state index in [1.54, 1.807) is 18.6 Å². The standard InChI is InChI=1S/C14H13ClFN3O2S/c15-11-1-2-14(12(16)7-11)22(20,21)19-6-3-10(9-19)13-8-17-4-5-18-13/h1-2,4-5,7-8,10H,3,6,9H2. The molecule has 1 unspecified atom stereocenters. The average molecular weight is 342 g/mol. The Morgan fingerprint density at radius 1 is 1.32 bits per heavy atom. The van der Waals surface area contributed by atoms with E-state index in [0.29, 0.717) is 13.0 Å². The molecule has 0 radical (unpaired) electrons. The highest BCUT2D eigenvalue weighted by Gasteiger charge is 2.35. The van der Waals surface area contributed by atoms with E-state index in [2.05, 4.69) is 9.97 Å². The Hall–Kier alpha value is -1.57. The van der Waals surface area contributed by atoms with Crippen molar-refractivity contribution in [3.05, 3.63) is 53.3 Å². The molecule has 1 aromatic heterocycles. The molecule has 116 valence electrons. The van der Waals surface area contributed by atoms with Crippen LogP contribution in [-0.2, 0) is 10.0 Å². The van der Waals surface area contributed by atoms with E-state index in [0.717, 1.165) is 11.8 Å². The van der Waals surface area contributed by atoms with Gasteiger partial charge in [0.15, 0.2) is 0 Å². The molecule has 2 aromatic rings. The second-order valence-electron chi connectivity index (χ2n) is 5.05. The Morgan fingerprint density at radius 2 is 2.14 bits per heavy atom. The van der Waals surface area contributed by atoms with Crippen molar-refractivity contribution < 1.29 is 12.8 Å². The summed E-state index contributed by atoms with van der Waals surface area (Å²) >= 11 is 5.67. The predicted octanol–water partition coefficient (Wildman–Crippen LogP) is 2.45. The average Bonchev–Trinajstić information content (AvgIpc) is 2.98. The van der Waals surface area contributed by atoms with Crippen LogP contribution in [0.4, 0.5) is 4.39 Å². The smallest absolute Gasteiger partial charge is 0.246 e. The summed E-state index contributed by atoms with van der Waals surface area (Å²) in [6.07, 6.45) is 5.40. The van der Waals surface area contributed by atoms with Crippen LogP contribution >= 0.6 is 11.6 Å². The summed E-state index contributed by atoms with van der Waals surface area (Å²) < 4.78 is 40.3. The van der Waals surface area contributed by atoms with Crippen LogP contribution in [-0.4, -0.2) is 35.8 Å². The lowest BCUT2D eigenvalue weighted by Crippen LogP contribution is -2.29. The third kappa shape index (κ3) is 2.84. The highest BCUT2D eigenvalue weighted by atomic mass is 35.5. The molecular weight excluding hydrogens is 329 g/mol. The zero-order chi connectivity index (χ0) is 15.7. The normalized spacial score (nSPS) is 19.5. The van der Waals surface area contributed by atoms with E-state index in [4.69, 9.17) is 11.6 Å². The van der Waals surface area contributed by atoms with Crippen molar-refractivity contribution >= 4 is 21.6 Å². The van der Waals surface area contributed by atoms with Crippen molar-refractivity contribution in [1.82, 2.24) is 14.3 Å². The van der Waals surface area contributed by atoms with Crippen molar-refractivity contribution in [3.63, 3.8) is 0 Å². The predicted molar refractivity (Wildman–Crippen MR) is 79.6 cm³/mol. The van der Waals surface area contributed by atoms with E-state index in [1.807, 2.05) is 0 Å². The number of hydrogen-bond acceptors (Lipinski definition) is 4. The van der Waals surface area contributed by atoms with E-state index in [9.17, 15) is 12.8 Å². The molecule has 1 fully saturated rings. The number of rotatable bonds is 3. The molecule has 1 saturated heterocycles. The van der Waals surface area contributed by atoms with Gasteiger partial charge in [-0.2, -0.15) is 4.31 Å². The molecule has 1 aromatic carbocycles. The maximum atomic E-state index is 13.9. The van der Waals surface area contributed by atoms with E-state index < -0.39 is 15.8 Å². The minimum Gasteiger partial charge on any atom is -0.261 e. The second-order valence-corrected chi connectivity index (χ2v) is 7.40. The number of hydrogen-bond donors (Lipinski definition) is 0. The van der Waals surface area contributed by atoms with Crippen LogP contribution in [0.1, 0.15) is 18.0 Å². The zero-order valence-electron chi connectivity index (χ0n) is 11.5. The van der Waals surface area contributed by atoms with Crippen LogP contribution in [0.2, 0.25) is 5.02 Å². The molecule has 3 rings (SSSR count). The topological polar surface area (TPSA) is 63.2 Å². The summed E-state index contributed by atoms with van der Waals surface area (Å²) in [7, 11) is -3.88. The molecule has 1 atom stereocenters. The summed E-state index contributed by atoms with van der Waals surface area (Å²) in [6, 6.07) is 3.57. The Morgan fingerprint density at radius 3 is 2.82 bits per heavy atom. The Kier molecular flexibility index (Phi) is 4.12. The number of benzene rings is 1. The second kappa shape index (κ2) is 5.91. The number of halogens is 2. The number of nitrogens with zero attached hydrogens (tertiary/aromatic N) is 3. The van der Waals surface area contributed by atoms with Crippen molar-refractivity contribution in [1.29, 1.82) is 0 Å². The highest BCUT2D eigenvalue weighted by Crippen LogP contribution is 2.31. The molecule has 0 bridgehead atoms. The molecule has 0 aliphatic carbocycles. The number of sulfonamides is 1. The number of aromatic nitrogens is 2. The molecular formula is C14H13ClFN3O2S. The van der Waals surface area contributed by atoms with Crippen molar-refractivity contribution in [2.75, 3.05) is 13.1 Å². The zero-order valence-corrected chi connectivity index (χ0v) is 13.1. The highest BCUT2D eigenvalue weighted by molar-refractivity contribution is 7.89. The third-order valence-electron chi connectivity index (χ3n) is 3.66. The van der Waals surface area contributed by atoms with Gasteiger partial charge >= 0.3 is 0 Å². The van der Waals surface area contributed by atoms with Gasteiger partial charge in [0.25, 0.3) is 0 Å². The van der Waals surface area contributed by atoms with Gasteiger partial charge in [0.1, 0.15) is 10.7 Å². The molecule has 5 nitrogen and oxygen atoms in total. The van der Waals surface area contributed by atoms with Crippen LogP contribution in [0.25, 0.3) is 0 Å². The fourth-order valence-corrected chi connectivity index (χ4v) is 4.24. The largest absolute Gasteiger partial charge is 0.261 e. The first kappa shape index (κ1) is 15.3. The van der Waals surface area contributed by atoms with E-state index >= 15 is 0 Å². The minimum absolute atomic E-state index is 0.0289. The first-order valence-electron chi connectivity index (χ1n) is 6.69. The van der Waals surface area contributed by atoms with Crippen molar-refractivity contribution in [2.45, 2.75) is 17.2 Å². The van der Waals surface area contributed by atoms with Gasteiger partial charge in [-0.05, 0) is 24.6 Å². The molecule has 22 heavy (non-hydrogen) atoms. The summed E-state index contributed by atoms with van der Waals surface area (Å²) in [5.74, 6) is -0.866. The molecule has 1 aliphatic rings. The molecule has 0 saturated carbocycles. The monoisotopic (exact) mass is 341 g/mol. The Bertz CT molecular complexity index is 786. The van der Waals surface area contributed by atoms with Gasteiger partial charge < -0.3 is 0 Å². The lowest BCUT2D eigenvalue weighted by molar-refractivity contribution is 0.465. The first-order valence-corrected chi connectivity index (χ1v) is 8.51. The van der Waals surface area contributed by atoms with Gasteiger partial charge in [-0.1, -0.05) is 11.6 Å². The quantitative estimate of drug-likeness (QED) is 0.860. The van der Waals surface area contributed by atoms with E-state index in [-0.39, 0.29) is 22.4 Å². The fourth-order valence-electron chi connectivity index (χ4n) is 2.53. The van der Waals surface area contributed by atoms with Gasteiger partial charge in [-0.3, -0.25) is 9.97 Å². The summed E-state index contributed by atoms with van der Waals surface area (Å²) in [5.41, 5.74) is 0.747. The maximum Gasteiger partial charge on any atom is 0.246 e. The van der Waals surface area contributed by atoms with Gasteiger partial charge in [-0.25, -0.2) is 12.8 Å². The Balaban J connectivity index is 1.85. The fraction of sp³-hybridized carbons (Fsp3) is 0.286. The molecule has 8 heteroatoms. The molecule has 1 aliphatic heterocycles. The van der Waals surface area contributed by atoms with Crippen LogP contribution in [0.3, 0.4) is 0 Å². The molecule has 0 N–H and O–H groups in total. The molecule has 0 amide bonds. The minimum atomic E-state index is -3.88. The molecule has 2 heterocycles. The third-order valence-corrected chi connectivity index (χ3v) is 5.80. The molecule has 0 spiro atoms. The van der Waals surface area contributed by atoms with Gasteiger partial charge in [0.2, 0.25) is 10.0 Å². The van der Waals surface area contributed by atoms with Gasteiger partial charge in [-0.15, -0.1) is 0 Å². The first-order chi connectivity index (χ1) is 10.5. The summed E-state index contributed by atoms with van der Waals surface area (Å²) in [4.78, 5) is 7.85. The Labute approximate surface area is 132 Å². The van der Waals surface area contributed by atoms with Crippen LogP contribution in [0, 0.1) is 5.82 Å². The van der Waals surface area contributed by atoms with Gasteiger partial charge in [0, 0.05) is 42.6 Å². The van der Waals surface area contributed by atoms with Gasteiger partial charge in [0.05, 0.1) is 5.69 Å². The van der Waals surface area contributed by atoms with Crippen LogP contribution < -0.4 is 0 Å². The van der Waals surface area contributed by atoms with Crippen molar-refractivity contribution in [3.8, 4) is 0 Å². The summed E-state index contributed by atoms with van der Waals surface area (Å²) in [5, 5.41) is 0.162.